The summed E-state index contributed by atoms with van der Waals surface area (Å²) in [5.74, 6) is 2.19. The average Bonchev–Trinajstić information content (AvgIpc) is 3.49. The third-order valence-electron chi connectivity index (χ3n) is 6.64. The zero-order valence-electron chi connectivity index (χ0n) is 22.3. The number of rotatable bonds is 8. The lowest BCUT2D eigenvalue weighted by molar-refractivity contribution is 0.0947. The Hall–Kier alpha value is -2.77. The number of halogens is 1. The van der Waals surface area contributed by atoms with Crippen molar-refractivity contribution in [2.75, 3.05) is 7.11 Å². The second-order valence-corrected chi connectivity index (χ2v) is 12.2. The Labute approximate surface area is 228 Å². The van der Waals surface area contributed by atoms with Crippen LogP contribution in [0.25, 0.3) is 0 Å². The van der Waals surface area contributed by atoms with Gasteiger partial charge in [0.1, 0.15) is 10.8 Å². The van der Waals surface area contributed by atoms with E-state index in [2.05, 4.69) is 26.1 Å². The molecule has 0 bridgehead atoms. The van der Waals surface area contributed by atoms with Gasteiger partial charge in [-0.2, -0.15) is 0 Å². The van der Waals surface area contributed by atoms with Gasteiger partial charge in [0.25, 0.3) is 5.91 Å². The van der Waals surface area contributed by atoms with Gasteiger partial charge in [-0.3, -0.25) is 4.79 Å². The maximum absolute atomic E-state index is 13.4. The van der Waals surface area contributed by atoms with Crippen LogP contribution in [-0.2, 0) is 19.4 Å². The van der Waals surface area contributed by atoms with Gasteiger partial charge in [0.05, 0.1) is 36.6 Å². The van der Waals surface area contributed by atoms with Crippen molar-refractivity contribution >= 4 is 40.1 Å². The number of nitrogens with one attached hydrogen (secondary N) is 1. The summed E-state index contributed by atoms with van der Waals surface area (Å²) < 4.78 is 16.7. The number of fused-ring (bicyclic) bond motifs is 1. The van der Waals surface area contributed by atoms with Crippen LogP contribution >= 0.6 is 22.9 Å². The second-order valence-electron chi connectivity index (χ2n) is 10.7. The molecule has 6 nitrogen and oxygen atoms in total. The second kappa shape index (κ2) is 11.3. The molecule has 1 aliphatic rings. The van der Waals surface area contributed by atoms with E-state index in [1.165, 1.54) is 4.88 Å². The monoisotopic (exact) mass is 542 g/mol. The number of aliphatic imine (C=N–C) groups is 1. The SMILES string of the molecule is COc1cc(C=Nc2sc3c(c2C(=O)NCc2ccco2)CC[C@@H](C(C)(C)C)C3)cc(Cl)c1OC(C)C. The Morgan fingerprint density at radius 3 is 2.78 bits per heavy atom. The molecule has 0 saturated carbocycles. The minimum atomic E-state index is -0.133. The molecule has 4 rings (SSSR count). The van der Waals surface area contributed by atoms with Crippen LogP contribution in [0.2, 0.25) is 5.02 Å². The van der Waals surface area contributed by atoms with Gasteiger partial charge < -0.3 is 19.2 Å². The highest BCUT2D eigenvalue weighted by atomic mass is 35.5. The smallest absolute Gasteiger partial charge is 0.255 e. The topological polar surface area (TPSA) is 73.1 Å². The standard InChI is InChI=1S/C29H35ClN2O4S/c1-17(2)36-26-22(30)12-18(13-23(26)34-6)15-32-28-25(27(33)31-16-20-8-7-11-35-20)21-10-9-19(29(3,4)5)14-24(21)37-28/h7-8,11-13,15,17,19H,9-10,14,16H2,1-6H3,(H,31,33)/t19-/m1/s1. The molecule has 1 aliphatic carbocycles. The van der Waals surface area contributed by atoms with Crippen molar-refractivity contribution in [1.82, 2.24) is 5.32 Å². The highest BCUT2D eigenvalue weighted by molar-refractivity contribution is 7.16. The van der Waals surface area contributed by atoms with E-state index in [1.807, 2.05) is 32.0 Å². The fourth-order valence-electron chi connectivity index (χ4n) is 4.60. The van der Waals surface area contributed by atoms with Crippen molar-refractivity contribution in [2.45, 2.75) is 66.5 Å². The van der Waals surface area contributed by atoms with Gasteiger partial charge in [-0.25, -0.2) is 4.99 Å². The molecule has 1 amide bonds. The third kappa shape index (κ3) is 6.39. The molecule has 1 aromatic carbocycles. The van der Waals surface area contributed by atoms with Crippen LogP contribution in [0.3, 0.4) is 0 Å². The summed E-state index contributed by atoms with van der Waals surface area (Å²) in [5, 5.41) is 4.16. The molecule has 1 N–H and O–H groups in total. The summed E-state index contributed by atoms with van der Waals surface area (Å²) in [6.07, 6.45) is 6.18. The summed E-state index contributed by atoms with van der Waals surface area (Å²) >= 11 is 8.12. The highest BCUT2D eigenvalue weighted by Crippen LogP contribution is 2.45. The molecule has 1 atom stereocenters. The van der Waals surface area contributed by atoms with Crippen molar-refractivity contribution < 1.29 is 18.7 Å². The van der Waals surface area contributed by atoms with Gasteiger partial charge in [0.15, 0.2) is 11.5 Å². The summed E-state index contributed by atoms with van der Waals surface area (Å²) in [6.45, 7) is 11.1. The lowest BCUT2D eigenvalue weighted by Crippen LogP contribution is -2.28. The fraction of sp³-hybridized carbons (Fsp3) is 0.448. The molecule has 0 fully saturated rings. The maximum atomic E-state index is 13.4. The number of hydrogen-bond donors (Lipinski definition) is 1. The van der Waals surface area contributed by atoms with E-state index in [-0.39, 0.29) is 17.4 Å². The van der Waals surface area contributed by atoms with Crippen molar-refractivity contribution in [3.8, 4) is 11.5 Å². The first kappa shape index (κ1) is 27.3. The summed E-state index contributed by atoms with van der Waals surface area (Å²) in [7, 11) is 1.58. The quantitative estimate of drug-likeness (QED) is 0.297. The van der Waals surface area contributed by atoms with Crippen LogP contribution in [0.5, 0.6) is 11.5 Å². The van der Waals surface area contributed by atoms with E-state index in [0.29, 0.717) is 45.3 Å². The maximum Gasteiger partial charge on any atom is 0.255 e. The number of ether oxygens (including phenoxy) is 2. The number of thiophene rings is 1. The lowest BCUT2D eigenvalue weighted by atomic mass is 9.72. The van der Waals surface area contributed by atoms with Crippen LogP contribution in [0.15, 0.2) is 39.9 Å². The van der Waals surface area contributed by atoms with Crippen LogP contribution in [-0.4, -0.2) is 25.3 Å². The van der Waals surface area contributed by atoms with Gasteiger partial charge in [0, 0.05) is 11.1 Å². The summed E-state index contributed by atoms with van der Waals surface area (Å²) in [5.41, 5.74) is 2.75. The van der Waals surface area contributed by atoms with Crippen molar-refractivity contribution in [2.24, 2.45) is 16.3 Å². The Kier molecular flexibility index (Phi) is 8.34. The first-order valence-corrected chi connectivity index (χ1v) is 13.8. The van der Waals surface area contributed by atoms with Crippen LogP contribution in [0, 0.1) is 11.3 Å². The van der Waals surface area contributed by atoms with E-state index < -0.39 is 0 Å². The molecule has 2 heterocycles. The molecular formula is C29H35ClN2O4S. The Morgan fingerprint density at radius 2 is 2.14 bits per heavy atom. The van der Waals surface area contributed by atoms with Gasteiger partial charge in [0.2, 0.25) is 0 Å². The molecule has 198 valence electrons. The average molecular weight is 543 g/mol. The van der Waals surface area contributed by atoms with Crippen molar-refractivity contribution in [3.05, 3.63) is 62.9 Å². The number of amides is 1. The molecule has 0 unspecified atom stereocenters. The first-order chi connectivity index (χ1) is 17.6. The molecule has 37 heavy (non-hydrogen) atoms. The normalized spacial score (nSPS) is 15.7. The Balaban J connectivity index is 1.67. The Morgan fingerprint density at radius 1 is 1.35 bits per heavy atom. The minimum Gasteiger partial charge on any atom is -0.493 e. The largest absolute Gasteiger partial charge is 0.493 e. The van der Waals surface area contributed by atoms with Crippen LogP contribution in [0.1, 0.15) is 73.2 Å². The van der Waals surface area contributed by atoms with E-state index in [1.54, 1.807) is 37.0 Å². The summed E-state index contributed by atoms with van der Waals surface area (Å²) in [6, 6.07) is 7.30. The van der Waals surface area contributed by atoms with E-state index >= 15 is 0 Å². The number of methoxy groups -OCH3 is 1. The molecule has 0 radical (unpaired) electrons. The first-order valence-electron chi connectivity index (χ1n) is 12.6. The number of carbonyl (C=O) groups excluding carboxylic acids is 1. The van der Waals surface area contributed by atoms with E-state index in [9.17, 15) is 4.79 Å². The number of carbonyl (C=O) groups is 1. The van der Waals surface area contributed by atoms with Crippen molar-refractivity contribution in [1.29, 1.82) is 0 Å². The number of furan rings is 1. The zero-order chi connectivity index (χ0) is 26.7. The molecule has 2 aromatic heterocycles. The van der Waals surface area contributed by atoms with E-state index in [4.69, 9.17) is 30.5 Å². The van der Waals surface area contributed by atoms with Gasteiger partial charge >= 0.3 is 0 Å². The summed E-state index contributed by atoms with van der Waals surface area (Å²) in [4.78, 5) is 19.5. The van der Waals surface area contributed by atoms with Crippen LogP contribution in [0.4, 0.5) is 5.00 Å². The molecule has 3 aromatic rings. The van der Waals surface area contributed by atoms with Gasteiger partial charge in [-0.15, -0.1) is 11.3 Å². The molecular weight excluding hydrogens is 508 g/mol. The third-order valence-corrected chi connectivity index (χ3v) is 8.08. The van der Waals surface area contributed by atoms with E-state index in [0.717, 1.165) is 30.4 Å². The predicted molar refractivity (Wildman–Crippen MR) is 150 cm³/mol. The lowest BCUT2D eigenvalue weighted by Gasteiger charge is -2.33. The van der Waals surface area contributed by atoms with Gasteiger partial charge in [-0.05, 0) is 79.8 Å². The van der Waals surface area contributed by atoms with Crippen LogP contribution < -0.4 is 14.8 Å². The number of hydrogen-bond acceptors (Lipinski definition) is 6. The zero-order valence-corrected chi connectivity index (χ0v) is 23.9. The minimum absolute atomic E-state index is 0.0393. The fourth-order valence-corrected chi connectivity index (χ4v) is 6.13. The predicted octanol–water partition coefficient (Wildman–Crippen LogP) is 7.62. The molecule has 0 spiro atoms. The molecule has 0 saturated heterocycles. The highest BCUT2D eigenvalue weighted by Gasteiger charge is 2.33. The number of benzene rings is 1. The molecule has 8 heteroatoms. The molecule has 0 aliphatic heterocycles. The van der Waals surface area contributed by atoms with Gasteiger partial charge in [-0.1, -0.05) is 32.4 Å². The number of nitrogens with zero attached hydrogens (tertiary/aromatic N) is 1. The van der Waals surface area contributed by atoms with Crippen molar-refractivity contribution in [3.63, 3.8) is 0 Å². The Bertz CT molecular complexity index is 1270.